The predicted octanol–water partition coefficient (Wildman–Crippen LogP) is 6.66. The van der Waals surface area contributed by atoms with Gasteiger partial charge >= 0.3 is 5.97 Å². The van der Waals surface area contributed by atoms with Crippen LogP contribution in [0.5, 0.6) is 0 Å². The third-order valence-corrected chi connectivity index (χ3v) is 9.38. The SMILES string of the molecule is O=C(O)c1ccc2c3c1cc(-c1cc4c(NO)ccc5c(=O)n6c7ccccc7nc6c(c1)c45)cc3c(=O)n1c3ccccc3nc21. The maximum Gasteiger partial charge on any atom is 0.336 e. The van der Waals surface area contributed by atoms with Gasteiger partial charge in [-0.2, -0.15) is 0 Å². The quantitative estimate of drug-likeness (QED) is 0.188. The fourth-order valence-electron chi connectivity index (χ4n) is 7.36. The number of carboxylic acid groups (broad SMARTS) is 1. The molecule has 47 heavy (non-hydrogen) atoms. The monoisotopic (exact) mass is 613 g/mol. The molecule has 10 heteroatoms. The number of carboxylic acids is 1. The Balaban J connectivity index is 1.40. The summed E-state index contributed by atoms with van der Waals surface area (Å²) in [5, 5.41) is 24.6. The van der Waals surface area contributed by atoms with Crippen LogP contribution in [0.2, 0.25) is 0 Å². The average molecular weight is 614 g/mol. The first-order valence-electron chi connectivity index (χ1n) is 14.8. The minimum Gasteiger partial charge on any atom is -0.478 e. The van der Waals surface area contributed by atoms with Gasteiger partial charge in [-0.25, -0.2) is 14.8 Å². The summed E-state index contributed by atoms with van der Waals surface area (Å²) in [5.41, 5.74) is 6.93. The van der Waals surface area contributed by atoms with Crippen molar-refractivity contribution < 1.29 is 15.1 Å². The Bertz CT molecular complexity index is 3150. The van der Waals surface area contributed by atoms with Crippen LogP contribution in [0.1, 0.15) is 10.4 Å². The summed E-state index contributed by atoms with van der Waals surface area (Å²) in [7, 11) is 0. The van der Waals surface area contributed by atoms with Crippen molar-refractivity contribution >= 4 is 88.1 Å². The van der Waals surface area contributed by atoms with E-state index in [2.05, 4.69) is 5.48 Å². The van der Waals surface area contributed by atoms with Crippen LogP contribution >= 0.6 is 0 Å². The molecule has 0 saturated heterocycles. The molecule has 6 aromatic carbocycles. The number of hydrogen-bond acceptors (Lipinski definition) is 7. The van der Waals surface area contributed by atoms with Gasteiger partial charge in [0, 0.05) is 37.7 Å². The lowest BCUT2D eigenvalue weighted by Crippen LogP contribution is -2.14. The molecule has 0 aliphatic carbocycles. The van der Waals surface area contributed by atoms with Gasteiger partial charge in [-0.15, -0.1) is 0 Å². The molecule has 3 N–H and O–H groups in total. The van der Waals surface area contributed by atoms with Gasteiger partial charge in [0.05, 0.1) is 33.3 Å². The lowest BCUT2D eigenvalue weighted by Gasteiger charge is -2.15. The first-order valence-corrected chi connectivity index (χ1v) is 14.8. The molecule has 4 heterocycles. The number of aromatic nitrogens is 4. The fraction of sp³-hybridized carbons (Fsp3) is 0. The third-order valence-electron chi connectivity index (χ3n) is 9.38. The first kappa shape index (κ1) is 25.7. The molecular weight excluding hydrogens is 594 g/mol. The van der Waals surface area contributed by atoms with E-state index in [0.29, 0.717) is 93.3 Å². The molecule has 10 nitrogen and oxygen atoms in total. The summed E-state index contributed by atoms with van der Waals surface area (Å²) in [6.45, 7) is 0. The van der Waals surface area contributed by atoms with Crippen LogP contribution in [-0.4, -0.2) is 35.1 Å². The maximum atomic E-state index is 14.3. The number of carbonyl (C=O) groups is 1. The Labute approximate surface area is 261 Å². The topological polar surface area (TPSA) is 138 Å². The van der Waals surface area contributed by atoms with Crippen LogP contribution in [0.4, 0.5) is 5.69 Å². The number of aromatic carboxylic acids is 1. The number of nitrogens with zero attached hydrogens (tertiary/aromatic N) is 4. The van der Waals surface area contributed by atoms with Crippen LogP contribution in [0.3, 0.4) is 0 Å². The van der Waals surface area contributed by atoms with Gasteiger partial charge < -0.3 is 5.11 Å². The number of fused-ring (bicyclic) bond motifs is 8. The first-order chi connectivity index (χ1) is 22.9. The predicted molar refractivity (Wildman–Crippen MR) is 182 cm³/mol. The molecule has 4 aromatic heterocycles. The van der Waals surface area contributed by atoms with Gasteiger partial charge in [0.25, 0.3) is 11.1 Å². The Hall–Kier alpha value is -6.65. The number of pyridine rings is 2. The second kappa shape index (κ2) is 8.75. The van der Waals surface area contributed by atoms with Crippen LogP contribution in [-0.2, 0) is 0 Å². The molecule has 0 aliphatic rings. The molecule has 0 bridgehead atoms. The summed E-state index contributed by atoms with van der Waals surface area (Å²) in [6, 6.07) is 28.6. The zero-order valence-corrected chi connectivity index (χ0v) is 24.1. The standard InChI is InChI=1S/C37H19N5O5/c43-35-21-11-12-26(40-47)23-14-18(15-24(32(21)23)34-39-28-6-2-4-8-30(28)42(34)35)17-13-22-19(37(45)46)9-10-20-31(22)25(16-17)36(44)41-29-7-3-1-5-27(29)38-33(20)41/h1-16,40,47H,(H,45,46). The van der Waals surface area contributed by atoms with Gasteiger partial charge in [-0.1, -0.05) is 24.3 Å². The highest BCUT2D eigenvalue weighted by Gasteiger charge is 2.23. The van der Waals surface area contributed by atoms with Crippen LogP contribution in [0, 0.1) is 0 Å². The molecule has 0 atom stereocenters. The molecule has 0 unspecified atom stereocenters. The summed E-state index contributed by atoms with van der Waals surface area (Å²) in [6.07, 6.45) is 0. The van der Waals surface area contributed by atoms with Crippen molar-refractivity contribution in [2.75, 3.05) is 5.48 Å². The highest BCUT2D eigenvalue weighted by Crippen LogP contribution is 2.40. The third kappa shape index (κ3) is 3.18. The van der Waals surface area contributed by atoms with E-state index in [9.17, 15) is 24.7 Å². The molecule has 0 saturated carbocycles. The smallest absolute Gasteiger partial charge is 0.336 e. The van der Waals surface area contributed by atoms with E-state index in [0.717, 1.165) is 0 Å². The Morgan fingerprint density at radius 2 is 1.13 bits per heavy atom. The summed E-state index contributed by atoms with van der Waals surface area (Å²) < 4.78 is 3.17. The Kier molecular flexibility index (Phi) is 4.77. The minimum absolute atomic E-state index is 0.0544. The van der Waals surface area contributed by atoms with Crippen molar-refractivity contribution in [3.8, 4) is 11.1 Å². The lowest BCUT2D eigenvalue weighted by molar-refractivity contribution is 0.0699. The number of para-hydroxylation sites is 4. The summed E-state index contributed by atoms with van der Waals surface area (Å²) in [4.78, 5) is 50.3. The molecule has 0 aliphatic heterocycles. The number of rotatable bonds is 3. The average Bonchev–Trinajstić information content (AvgIpc) is 3.68. The van der Waals surface area contributed by atoms with E-state index >= 15 is 0 Å². The van der Waals surface area contributed by atoms with Crippen molar-refractivity contribution in [3.63, 3.8) is 0 Å². The molecule has 0 amide bonds. The molecule has 0 fully saturated rings. The van der Waals surface area contributed by atoms with Gasteiger partial charge in [-0.3, -0.25) is 29.1 Å². The number of anilines is 1. The second-order valence-corrected chi connectivity index (χ2v) is 11.8. The van der Waals surface area contributed by atoms with Crippen molar-refractivity contribution in [3.05, 3.63) is 123 Å². The van der Waals surface area contributed by atoms with Gasteiger partial charge in [0.2, 0.25) is 0 Å². The molecule has 0 spiro atoms. The lowest BCUT2D eigenvalue weighted by atomic mass is 9.91. The highest BCUT2D eigenvalue weighted by atomic mass is 16.5. The van der Waals surface area contributed by atoms with E-state index in [1.165, 1.54) is 0 Å². The molecule has 10 aromatic rings. The van der Waals surface area contributed by atoms with Crippen molar-refractivity contribution in [2.45, 2.75) is 0 Å². The van der Waals surface area contributed by atoms with Gasteiger partial charge in [0.1, 0.15) is 11.3 Å². The van der Waals surface area contributed by atoms with E-state index in [1.54, 1.807) is 45.2 Å². The number of hydrogen-bond donors (Lipinski definition) is 3. The largest absolute Gasteiger partial charge is 0.478 e. The Morgan fingerprint density at radius 3 is 1.79 bits per heavy atom. The second-order valence-electron chi connectivity index (χ2n) is 11.8. The number of nitrogens with one attached hydrogen (secondary N) is 1. The molecule has 0 radical (unpaired) electrons. The molecule has 10 rings (SSSR count). The summed E-state index contributed by atoms with van der Waals surface area (Å²) >= 11 is 0. The molecule has 222 valence electrons. The number of imidazole rings is 2. The zero-order chi connectivity index (χ0) is 31.7. The van der Waals surface area contributed by atoms with Crippen LogP contribution in [0.15, 0.2) is 107 Å². The van der Waals surface area contributed by atoms with Gasteiger partial charge in [-0.05, 0) is 89.3 Å². The normalized spacial score (nSPS) is 12.3. The van der Waals surface area contributed by atoms with E-state index in [-0.39, 0.29) is 16.7 Å². The fourth-order valence-corrected chi connectivity index (χ4v) is 7.36. The van der Waals surface area contributed by atoms with Crippen LogP contribution < -0.4 is 16.6 Å². The summed E-state index contributed by atoms with van der Waals surface area (Å²) in [5.74, 6) is -1.12. The van der Waals surface area contributed by atoms with Crippen molar-refractivity contribution in [2.24, 2.45) is 0 Å². The highest BCUT2D eigenvalue weighted by molar-refractivity contribution is 6.23. The van der Waals surface area contributed by atoms with E-state index in [1.807, 2.05) is 60.7 Å². The van der Waals surface area contributed by atoms with E-state index in [4.69, 9.17) is 9.97 Å². The maximum absolute atomic E-state index is 14.3. The van der Waals surface area contributed by atoms with E-state index < -0.39 is 5.97 Å². The van der Waals surface area contributed by atoms with Crippen molar-refractivity contribution in [1.82, 2.24) is 18.8 Å². The van der Waals surface area contributed by atoms with Crippen LogP contribution in [0.25, 0.3) is 87.6 Å². The minimum atomic E-state index is -1.12. The Morgan fingerprint density at radius 1 is 0.596 bits per heavy atom. The van der Waals surface area contributed by atoms with Crippen molar-refractivity contribution in [1.29, 1.82) is 0 Å². The molecular formula is C37H19N5O5. The van der Waals surface area contributed by atoms with Gasteiger partial charge in [0.15, 0.2) is 0 Å². The zero-order valence-electron chi connectivity index (χ0n) is 24.1. The number of benzene rings is 6.